The van der Waals surface area contributed by atoms with Crippen molar-refractivity contribution >= 4 is 5.91 Å². The van der Waals surface area contributed by atoms with Gasteiger partial charge in [-0.15, -0.1) is 0 Å². The van der Waals surface area contributed by atoms with Crippen LogP contribution in [0.5, 0.6) is 5.75 Å². The number of hydrogen-bond acceptors (Lipinski definition) is 5. The Balaban J connectivity index is 1.72. The van der Waals surface area contributed by atoms with Gasteiger partial charge in [-0.1, -0.05) is 23.4 Å². The van der Waals surface area contributed by atoms with Crippen molar-refractivity contribution in [2.24, 2.45) is 0 Å². The molecule has 0 spiro atoms. The van der Waals surface area contributed by atoms with Crippen molar-refractivity contribution in [3.63, 3.8) is 0 Å². The molecule has 0 radical (unpaired) electrons. The van der Waals surface area contributed by atoms with Gasteiger partial charge in [0.1, 0.15) is 23.4 Å². The third-order valence-electron chi connectivity index (χ3n) is 4.21. The number of H-pyrrole nitrogens is 1. The number of aromatic nitrogens is 3. The molecular weight excluding hydrogens is 308 g/mol. The average molecular weight is 324 g/mol. The highest BCUT2D eigenvalue weighted by Gasteiger charge is 2.28. The summed E-state index contributed by atoms with van der Waals surface area (Å²) in [7, 11) is 1.65. The molecule has 4 rings (SSSR count). The first-order valence-corrected chi connectivity index (χ1v) is 7.67. The molecule has 0 fully saturated rings. The predicted octanol–water partition coefficient (Wildman–Crippen LogP) is 2.14. The van der Waals surface area contributed by atoms with Gasteiger partial charge in [0.25, 0.3) is 5.91 Å². The fraction of sp³-hybridized carbons (Fsp3) is 0.235. The molecule has 2 aromatic heterocycles. The van der Waals surface area contributed by atoms with E-state index in [1.807, 2.05) is 24.3 Å². The van der Waals surface area contributed by atoms with Gasteiger partial charge in [-0.05, 0) is 18.1 Å². The number of nitrogens with zero attached hydrogens (tertiary/aromatic N) is 2. The number of carbonyl (C=O) groups is 1. The molecule has 1 aliphatic heterocycles. The van der Waals surface area contributed by atoms with Crippen molar-refractivity contribution in [2.75, 3.05) is 13.7 Å². The fourth-order valence-corrected chi connectivity index (χ4v) is 3.04. The van der Waals surface area contributed by atoms with Crippen LogP contribution in [-0.4, -0.2) is 34.7 Å². The van der Waals surface area contributed by atoms with E-state index in [1.54, 1.807) is 13.2 Å². The van der Waals surface area contributed by atoms with Crippen LogP contribution in [0.25, 0.3) is 11.5 Å². The Morgan fingerprint density at radius 3 is 2.96 bits per heavy atom. The van der Waals surface area contributed by atoms with Crippen LogP contribution in [0, 0.1) is 0 Å². The SMILES string of the molecule is COc1ccccc1[C@H]1CNC(=O)c2nc(-c3ccon3)[nH]c2C1. The van der Waals surface area contributed by atoms with Crippen molar-refractivity contribution < 1.29 is 14.1 Å². The van der Waals surface area contributed by atoms with E-state index in [2.05, 4.69) is 20.4 Å². The highest BCUT2D eigenvalue weighted by atomic mass is 16.5. The van der Waals surface area contributed by atoms with Crippen LogP contribution in [0.2, 0.25) is 0 Å². The molecule has 122 valence electrons. The van der Waals surface area contributed by atoms with E-state index >= 15 is 0 Å². The zero-order chi connectivity index (χ0) is 16.5. The highest BCUT2D eigenvalue weighted by molar-refractivity contribution is 5.94. The lowest BCUT2D eigenvalue weighted by Crippen LogP contribution is -2.26. The molecule has 3 aromatic rings. The van der Waals surface area contributed by atoms with Crippen LogP contribution in [0.15, 0.2) is 41.1 Å². The summed E-state index contributed by atoms with van der Waals surface area (Å²) >= 11 is 0. The Kier molecular flexibility index (Phi) is 3.53. The van der Waals surface area contributed by atoms with Crippen molar-refractivity contribution in [3.05, 3.63) is 53.5 Å². The van der Waals surface area contributed by atoms with E-state index in [9.17, 15) is 4.79 Å². The molecule has 7 nitrogen and oxygen atoms in total. The molecule has 3 heterocycles. The molecule has 0 bridgehead atoms. The average Bonchev–Trinajstić information content (AvgIpc) is 3.25. The number of methoxy groups -OCH3 is 1. The second-order valence-corrected chi connectivity index (χ2v) is 5.65. The lowest BCUT2D eigenvalue weighted by Gasteiger charge is -2.17. The quantitative estimate of drug-likeness (QED) is 0.770. The van der Waals surface area contributed by atoms with Gasteiger partial charge in [-0.3, -0.25) is 4.79 Å². The van der Waals surface area contributed by atoms with Crippen molar-refractivity contribution in [2.45, 2.75) is 12.3 Å². The smallest absolute Gasteiger partial charge is 0.271 e. The van der Waals surface area contributed by atoms with E-state index in [1.165, 1.54) is 6.26 Å². The molecule has 24 heavy (non-hydrogen) atoms. The maximum atomic E-state index is 12.4. The topological polar surface area (TPSA) is 93.0 Å². The predicted molar refractivity (Wildman–Crippen MR) is 85.9 cm³/mol. The van der Waals surface area contributed by atoms with Crippen molar-refractivity contribution in [1.29, 1.82) is 0 Å². The van der Waals surface area contributed by atoms with Gasteiger partial charge in [0.15, 0.2) is 5.82 Å². The second kappa shape index (κ2) is 5.84. The lowest BCUT2D eigenvalue weighted by atomic mass is 9.93. The summed E-state index contributed by atoms with van der Waals surface area (Å²) in [6.07, 6.45) is 2.13. The first-order valence-electron chi connectivity index (χ1n) is 7.67. The molecule has 0 unspecified atom stereocenters. The van der Waals surface area contributed by atoms with Gasteiger partial charge >= 0.3 is 0 Å². The number of carbonyl (C=O) groups excluding carboxylic acids is 1. The summed E-state index contributed by atoms with van der Waals surface area (Å²) in [6.45, 7) is 0.530. The summed E-state index contributed by atoms with van der Waals surface area (Å²) < 4.78 is 10.3. The molecule has 1 amide bonds. The third-order valence-corrected chi connectivity index (χ3v) is 4.21. The Labute approximate surface area is 138 Å². The summed E-state index contributed by atoms with van der Waals surface area (Å²) in [6, 6.07) is 9.56. The Hall–Kier alpha value is -3.09. The first kappa shape index (κ1) is 14.5. The maximum absolute atomic E-state index is 12.4. The highest BCUT2D eigenvalue weighted by Crippen LogP contribution is 2.31. The van der Waals surface area contributed by atoms with Crippen LogP contribution < -0.4 is 10.1 Å². The van der Waals surface area contributed by atoms with Gasteiger partial charge in [0.2, 0.25) is 0 Å². The maximum Gasteiger partial charge on any atom is 0.271 e. The van der Waals surface area contributed by atoms with E-state index in [0.717, 1.165) is 17.0 Å². The molecule has 0 aliphatic carbocycles. The van der Waals surface area contributed by atoms with Crippen LogP contribution >= 0.6 is 0 Å². The van der Waals surface area contributed by atoms with Crippen molar-refractivity contribution in [1.82, 2.24) is 20.4 Å². The molecule has 0 saturated carbocycles. The van der Waals surface area contributed by atoms with Gasteiger partial charge in [-0.2, -0.15) is 0 Å². The number of benzene rings is 1. The van der Waals surface area contributed by atoms with Crippen molar-refractivity contribution in [3.8, 4) is 17.3 Å². The zero-order valence-electron chi connectivity index (χ0n) is 13.1. The van der Waals surface area contributed by atoms with Crippen LogP contribution in [-0.2, 0) is 6.42 Å². The van der Waals surface area contributed by atoms with Crippen LogP contribution in [0.1, 0.15) is 27.7 Å². The molecule has 0 saturated heterocycles. The Bertz CT molecular complexity index is 870. The molecule has 1 aromatic carbocycles. The van der Waals surface area contributed by atoms with E-state index < -0.39 is 0 Å². The number of nitrogens with one attached hydrogen (secondary N) is 2. The number of rotatable bonds is 3. The normalized spacial score (nSPS) is 17.0. The van der Waals surface area contributed by atoms with E-state index in [4.69, 9.17) is 9.26 Å². The van der Waals surface area contributed by atoms with E-state index in [-0.39, 0.29) is 11.8 Å². The number of fused-ring (bicyclic) bond motifs is 1. The number of imidazole rings is 1. The second-order valence-electron chi connectivity index (χ2n) is 5.65. The number of aromatic amines is 1. The molecule has 2 N–H and O–H groups in total. The molecule has 1 aliphatic rings. The summed E-state index contributed by atoms with van der Waals surface area (Å²) in [5.41, 5.74) is 2.83. The van der Waals surface area contributed by atoms with E-state index in [0.29, 0.717) is 30.2 Å². The van der Waals surface area contributed by atoms with Gasteiger partial charge in [0, 0.05) is 24.2 Å². The van der Waals surface area contributed by atoms with Crippen LogP contribution in [0.3, 0.4) is 0 Å². The number of ether oxygens (including phenoxy) is 1. The minimum absolute atomic E-state index is 0.0944. The summed E-state index contributed by atoms with van der Waals surface area (Å²) in [5.74, 6) is 1.26. The molecule has 7 heteroatoms. The lowest BCUT2D eigenvalue weighted by molar-refractivity contribution is 0.0950. The molecular formula is C17H16N4O3. The summed E-state index contributed by atoms with van der Waals surface area (Å²) in [5, 5.41) is 6.80. The zero-order valence-corrected chi connectivity index (χ0v) is 13.1. The van der Waals surface area contributed by atoms with Crippen LogP contribution in [0.4, 0.5) is 0 Å². The number of para-hydroxylation sites is 1. The minimum atomic E-state index is -0.187. The van der Waals surface area contributed by atoms with Gasteiger partial charge in [-0.25, -0.2) is 4.98 Å². The first-order chi connectivity index (χ1) is 11.8. The Morgan fingerprint density at radius 1 is 1.29 bits per heavy atom. The largest absolute Gasteiger partial charge is 0.496 e. The standard InChI is InChI=1S/C17H16N4O3/c1-23-14-5-3-2-4-11(14)10-8-13-15(17(22)18-9-10)20-16(19-13)12-6-7-24-21-12/h2-7,10H,8-9H2,1H3,(H,18,22)(H,19,20)/t10-/m1/s1. The number of hydrogen-bond donors (Lipinski definition) is 2. The fourth-order valence-electron chi connectivity index (χ4n) is 3.04. The minimum Gasteiger partial charge on any atom is -0.496 e. The Morgan fingerprint density at radius 2 is 2.17 bits per heavy atom. The third kappa shape index (κ3) is 2.44. The van der Waals surface area contributed by atoms with Gasteiger partial charge < -0.3 is 19.6 Å². The number of amides is 1. The summed E-state index contributed by atoms with van der Waals surface area (Å²) in [4.78, 5) is 19.9. The van der Waals surface area contributed by atoms with Gasteiger partial charge in [0.05, 0.1) is 7.11 Å². The molecule has 1 atom stereocenters. The monoisotopic (exact) mass is 324 g/mol.